The summed E-state index contributed by atoms with van der Waals surface area (Å²) < 4.78 is 49.2. The van der Waals surface area contributed by atoms with E-state index in [2.05, 4.69) is 5.32 Å². The van der Waals surface area contributed by atoms with Crippen LogP contribution in [-0.4, -0.2) is 24.8 Å². The molecule has 1 aromatic carbocycles. The average molecular weight is 276 g/mol. The van der Waals surface area contributed by atoms with Crippen LogP contribution in [0.15, 0.2) is 18.2 Å². The first kappa shape index (κ1) is 13.8. The van der Waals surface area contributed by atoms with Gasteiger partial charge in [-0.15, -0.1) is 0 Å². The number of amides is 1. The van der Waals surface area contributed by atoms with E-state index in [9.17, 15) is 22.4 Å². The lowest BCUT2D eigenvalue weighted by molar-refractivity contribution is -0.123. The Kier molecular flexibility index (Phi) is 3.75. The molecule has 0 aliphatic carbocycles. The maximum absolute atomic E-state index is 12.7. The molecule has 0 atom stereocenters. The molecule has 1 aromatic rings. The summed E-state index contributed by atoms with van der Waals surface area (Å²) in [6.45, 7) is -0.0802. The van der Waals surface area contributed by atoms with Gasteiger partial charge in [0, 0.05) is 18.7 Å². The van der Waals surface area contributed by atoms with Crippen molar-refractivity contribution in [2.45, 2.75) is 25.4 Å². The lowest BCUT2D eigenvalue weighted by Crippen LogP contribution is -2.41. The van der Waals surface area contributed by atoms with Gasteiger partial charge in [0.15, 0.2) is 0 Å². The van der Waals surface area contributed by atoms with Gasteiger partial charge in [0.25, 0.3) is 5.91 Å². The summed E-state index contributed by atoms with van der Waals surface area (Å²) in [5.41, 5.74) is 2.13. The molecule has 104 valence electrons. The van der Waals surface area contributed by atoms with E-state index in [1.807, 2.05) is 5.32 Å². The average Bonchev–Trinajstić information content (AvgIpc) is 2.82. The van der Waals surface area contributed by atoms with Gasteiger partial charge in [-0.05, 0) is 23.3 Å². The van der Waals surface area contributed by atoms with Gasteiger partial charge in [-0.1, -0.05) is 6.07 Å². The Balaban J connectivity index is 2.01. The fourth-order valence-corrected chi connectivity index (χ4v) is 1.81. The number of carbonyl (C=O) groups is 1. The van der Waals surface area contributed by atoms with E-state index < -0.39 is 24.8 Å². The Bertz CT molecular complexity index is 491. The molecular weight excluding hydrogens is 264 g/mol. The SMILES string of the molecule is O=C(NCC(F)(F)C(F)F)c1ccc2c(c1)CNC2. The first-order valence-electron chi connectivity index (χ1n) is 5.67. The highest BCUT2D eigenvalue weighted by atomic mass is 19.3. The van der Waals surface area contributed by atoms with Crippen LogP contribution in [0.3, 0.4) is 0 Å². The van der Waals surface area contributed by atoms with Crippen LogP contribution in [0, 0.1) is 0 Å². The highest BCUT2D eigenvalue weighted by Crippen LogP contribution is 2.22. The fourth-order valence-electron chi connectivity index (χ4n) is 1.81. The molecule has 2 N–H and O–H groups in total. The molecule has 0 bridgehead atoms. The first-order chi connectivity index (χ1) is 8.90. The topological polar surface area (TPSA) is 41.1 Å². The van der Waals surface area contributed by atoms with Gasteiger partial charge in [0.05, 0.1) is 6.54 Å². The molecule has 0 unspecified atom stereocenters. The van der Waals surface area contributed by atoms with E-state index in [-0.39, 0.29) is 5.56 Å². The number of halogens is 4. The summed E-state index contributed by atoms with van der Waals surface area (Å²) in [6.07, 6.45) is -3.79. The normalized spacial score (nSPS) is 14.6. The number of benzene rings is 1. The minimum absolute atomic E-state index is 0.188. The largest absolute Gasteiger partial charge is 0.346 e. The summed E-state index contributed by atoms with van der Waals surface area (Å²) >= 11 is 0. The number of hydrogen-bond donors (Lipinski definition) is 2. The van der Waals surface area contributed by atoms with E-state index >= 15 is 0 Å². The molecule has 7 heteroatoms. The third-order valence-electron chi connectivity index (χ3n) is 2.90. The van der Waals surface area contributed by atoms with Crippen molar-refractivity contribution in [3.63, 3.8) is 0 Å². The molecule has 0 aromatic heterocycles. The predicted molar refractivity (Wildman–Crippen MR) is 60.3 cm³/mol. The van der Waals surface area contributed by atoms with Crippen molar-refractivity contribution in [2.75, 3.05) is 6.54 Å². The van der Waals surface area contributed by atoms with E-state index in [0.717, 1.165) is 11.1 Å². The lowest BCUT2D eigenvalue weighted by Gasteiger charge is -2.15. The number of rotatable bonds is 4. The lowest BCUT2D eigenvalue weighted by atomic mass is 10.1. The van der Waals surface area contributed by atoms with Gasteiger partial charge in [-0.2, -0.15) is 8.78 Å². The Hall–Kier alpha value is -1.63. The zero-order valence-corrected chi connectivity index (χ0v) is 9.85. The summed E-state index contributed by atoms with van der Waals surface area (Å²) in [6, 6.07) is 4.78. The minimum Gasteiger partial charge on any atom is -0.346 e. The Morgan fingerprint density at radius 2 is 2.00 bits per heavy atom. The number of alkyl halides is 4. The van der Waals surface area contributed by atoms with Crippen molar-refractivity contribution in [1.82, 2.24) is 10.6 Å². The van der Waals surface area contributed by atoms with Gasteiger partial charge in [0.2, 0.25) is 0 Å². The fraction of sp³-hybridized carbons (Fsp3) is 0.417. The molecule has 19 heavy (non-hydrogen) atoms. The number of fused-ring (bicyclic) bond motifs is 1. The summed E-state index contributed by atoms with van der Waals surface area (Å²) in [5.74, 6) is -5.00. The van der Waals surface area contributed by atoms with Crippen molar-refractivity contribution in [2.24, 2.45) is 0 Å². The van der Waals surface area contributed by atoms with Gasteiger partial charge >= 0.3 is 12.3 Å². The number of hydrogen-bond acceptors (Lipinski definition) is 2. The quantitative estimate of drug-likeness (QED) is 0.825. The summed E-state index contributed by atoms with van der Waals surface area (Å²) in [7, 11) is 0. The molecule has 1 heterocycles. The molecule has 1 amide bonds. The second-order valence-electron chi connectivity index (χ2n) is 4.33. The van der Waals surface area contributed by atoms with Crippen LogP contribution in [0.25, 0.3) is 0 Å². The zero-order valence-electron chi connectivity index (χ0n) is 9.85. The van der Waals surface area contributed by atoms with E-state index in [1.165, 1.54) is 6.07 Å². The second kappa shape index (κ2) is 5.16. The van der Waals surface area contributed by atoms with Crippen LogP contribution in [-0.2, 0) is 13.1 Å². The molecule has 0 saturated carbocycles. The molecule has 1 aliphatic rings. The van der Waals surface area contributed by atoms with E-state index in [0.29, 0.717) is 13.1 Å². The van der Waals surface area contributed by atoms with Crippen molar-refractivity contribution in [1.29, 1.82) is 0 Å². The predicted octanol–water partition coefficient (Wildman–Crippen LogP) is 1.92. The molecule has 0 radical (unpaired) electrons. The Morgan fingerprint density at radius 3 is 2.68 bits per heavy atom. The van der Waals surface area contributed by atoms with Crippen molar-refractivity contribution >= 4 is 5.91 Å². The van der Waals surface area contributed by atoms with Crippen molar-refractivity contribution in [3.05, 3.63) is 34.9 Å². The molecule has 0 saturated heterocycles. The first-order valence-corrected chi connectivity index (χ1v) is 5.67. The third-order valence-corrected chi connectivity index (χ3v) is 2.90. The molecule has 0 fully saturated rings. The molecular formula is C12H12F4N2O. The van der Waals surface area contributed by atoms with E-state index in [1.54, 1.807) is 12.1 Å². The maximum atomic E-state index is 12.7. The van der Waals surface area contributed by atoms with Crippen LogP contribution < -0.4 is 10.6 Å². The Labute approximate surface area is 107 Å². The van der Waals surface area contributed by atoms with Gasteiger partial charge < -0.3 is 10.6 Å². The number of carbonyl (C=O) groups excluding carboxylic acids is 1. The monoisotopic (exact) mass is 276 g/mol. The van der Waals surface area contributed by atoms with Crippen LogP contribution in [0.1, 0.15) is 21.5 Å². The van der Waals surface area contributed by atoms with Crippen LogP contribution >= 0.6 is 0 Å². The molecule has 3 nitrogen and oxygen atoms in total. The van der Waals surface area contributed by atoms with Crippen molar-refractivity contribution < 1.29 is 22.4 Å². The Morgan fingerprint density at radius 1 is 1.32 bits per heavy atom. The van der Waals surface area contributed by atoms with Crippen LogP contribution in [0.5, 0.6) is 0 Å². The van der Waals surface area contributed by atoms with Crippen LogP contribution in [0.2, 0.25) is 0 Å². The van der Waals surface area contributed by atoms with Gasteiger partial charge in [-0.25, -0.2) is 8.78 Å². The zero-order chi connectivity index (χ0) is 14.0. The summed E-state index contributed by atoms with van der Waals surface area (Å²) in [4.78, 5) is 11.6. The van der Waals surface area contributed by atoms with E-state index in [4.69, 9.17) is 0 Å². The van der Waals surface area contributed by atoms with Crippen LogP contribution in [0.4, 0.5) is 17.6 Å². The van der Waals surface area contributed by atoms with Gasteiger partial charge in [-0.3, -0.25) is 4.79 Å². The summed E-state index contributed by atoms with van der Waals surface area (Å²) in [5, 5.41) is 4.90. The smallest absolute Gasteiger partial charge is 0.324 e. The molecule has 0 spiro atoms. The standard InChI is InChI=1S/C12H12F4N2O/c13-11(14)12(15,16)6-18-10(19)7-1-2-8-4-17-5-9(8)3-7/h1-3,11,17H,4-6H2,(H,18,19). The van der Waals surface area contributed by atoms with Gasteiger partial charge in [0.1, 0.15) is 0 Å². The highest BCUT2D eigenvalue weighted by Gasteiger charge is 2.40. The maximum Gasteiger partial charge on any atom is 0.324 e. The number of nitrogens with one attached hydrogen (secondary N) is 2. The highest BCUT2D eigenvalue weighted by molar-refractivity contribution is 5.94. The second-order valence-corrected chi connectivity index (χ2v) is 4.33. The van der Waals surface area contributed by atoms with Crippen molar-refractivity contribution in [3.8, 4) is 0 Å². The molecule has 1 aliphatic heterocycles. The minimum atomic E-state index is -4.21. The third kappa shape index (κ3) is 3.04. The molecule has 2 rings (SSSR count).